The van der Waals surface area contributed by atoms with Gasteiger partial charge in [-0.3, -0.25) is 19.2 Å². The van der Waals surface area contributed by atoms with Crippen molar-refractivity contribution < 1.29 is 38.5 Å². The fourth-order valence-corrected chi connectivity index (χ4v) is 4.70. The van der Waals surface area contributed by atoms with Gasteiger partial charge in [-0.15, -0.1) is 0 Å². The minimum Gasteiger partial charge on any atom is -0.508 e. The fourth-order valence-electron chi connectivity index (χ4n) is 4.70. The predicted molar refractivity (Wildman–Crippen MR) is 165 cm³/mol. The van der Waals surface area contributed by atoms with Crippen LogP contribution in [0.3, 0.4) is 0 Å². The number of phenolic OH excluding ortho intramolecular Hbond substituents is 1. The maximum Gasteiger partial charge on any atom is 0.255 e. The third-order valence-corrected chi connectivity index (χ3v) is 7.21. The molecule has 1 aliphatic rings. The van der Waals surface area contributed by atoms with Gasteiger partial charge in [0.05, 0.1) is 25.8 Å². The normalized spacial score (nSPS) is 17.8. The van der Waals surface area contributed by atoms with Crippen molar-refractivity contribution in [3.05, 3.63) is 83.9 Å². The molecular weight excluding hydrogens is 580 g/mol. The Hall–Kier alpha value is -5.26. The van der Waals surface area contributed by atoms with Crippen LogP contribution in [0.4, 0.5) is 0 Å². The highest BCUT2D eigenvalue weighted by molar-refractivity contribution is 5.99. The lowest BCUT2D eigenvalue weighted by molar-refractivity contribution is -0.135. The van der Waals surface area contributed by atoms with Crippen LogP contribution in [0.1, 0.15) is 28.8 Å². The fraction of sp³-hybridized carbons (Fsp3) is 0.333. The molecule has 0 unspecified atom stereocenters. The zero-order chi connectivity index (χ0) is 32.2. The largest absolute Gasteiger partial charge is 0.508 e. The van der Waals surface area contributed by atoms with Crippen LogP contribution >= 0.6 is 0 Å². The molecule has 4 rings (SSSR count). The number of nitrogens with one attached hydrogen (secondary N) is 3. The smallest absolute Gasteiger partial charge is 0.255 e. The van der Waals surface area contributed by atoms with Crippen LogP contribution in [0.25, 0.3) is 0 Å². The van der Waals surface area contributed by atoms with Crippen molar-refractivity contribution >= 4 is 23.6 Å². The maximum atomic E-state index is 13.4. The van der Waals surface area contributed by atoms with E-state index in [4.69, 9.17) is 14.2 Å². The van der Waals surface area contributed by atoms with Gasteiger partial charge in [0.25, 0.3) is 5.91 Å². The monoisotopic (exact) mass is 618 g/mol. The summed E-state index contributed by atoms with van der Waals surface area (Å²) < 4.78 is 16.7. The van der Waals surface area contributed by atoms with Crippen LogP contribution < -0.4 is 30.2 Å². The molecule has 1 aliphatic heterocycles. The van der Waals surface area contributed by atoms with Crippen molar-refractivity contribution in [1.29, 1.82) is 0 Å². The molecule has 238 valence electrons. The van der Waals surface area contributed by atoms with Gasteiger partial charge in [0.15, 0.2) is 0 Å². The number of ether oxygens (including phenoxy) is 3. The summed E-state index contributed by atoms with van der Waals surface area (Å²) in [4.78, 5) is 54.5. The summed E-state index contributed by atoms with van der Waals surface area (Å²) in [6.07, 6.45) is 0.0252. The molecule has 0 saturated carbocycles. The molecule has 0 bridgehead atoms. The van der Waals surface area contributed by atoms with Crippen LogP contribution in [0.2, 0.25) is 0 Å². The van der Waals surface area contributed by atoms with Crippen LogP contribution in [0, 0.1) is 0 Å². The maximum absolute atomic E-state index is 13.4. The second-order valence-electron chi connectivity index (χ2n) is 10.5. The lowest BCUT2D eigenvalue weighted by Gasteiger charge is -2.25. The summed E-state index contributed by atoms with van der Waals surface area (Å²) >= 11 is 0. The van der Waals surface area contributed by atoms with Gasteiger partial charge in [0.1, 0.15) is 48.3 Å². The molecule has 12 nitrogen and oxygen atoms in total. The molecule has 3 aromatic carbocycles. The number of benzene rings is 3. The zero-order valence-electron chi connectivity index (χ0n) is 25.3. The number of nitrogens with zero attached hydrogens (tertiary/aromatic N) is 1. The molecule has 45 heavy (non-hydrogen) atoms. The van der Waals surface area contributed by atoms with Gasteiger partial charge in [-0.1, -0.05) is 24.3 Å². The van der Waals surface area contributed by atoms with Crippen LogP contribution in [-0.4, -0.2) is 86.2 Å². The first-order valence-corrected chi connectivity index (χ1v) is 14.6. The average Bonchev–Trinajstić information content (AvgIpc) is 3.05. The molecular formula is C33H38N4O8. The number of fused-ring (bicyclic) bond motifs is 1. The summed E-state index contributed by atoms with van der Waals surface area (Å²) in [5.74, 6) is -0.140. The molecule has 3 aromatic rings. The highest BCUT2D eigenvalue weighted by Gasteiger charge is 2.28. The van der Waals surface area contributed by atoms with Crippen molar-refractivity contribution in [2.75, 3.05) is 40.5 Å². The summed E-state index contributed by atoms with van der Waals surface area (Å²) in [6, 6.07) is 18.0. The first kappa shape index (κ1) is 32.6. The minimum atomic E-state index is -1.06. The van der Waals surface area contributed by atoms with Crippen molar-refractivity contribution in [3.63, 3.8) is 0 Å². The lowest BCUT2D eigenvalue weighted by Crippen LogP contribution is -2.50. The van der Waals surface area contributed by atoms with Crippen molar-refractivity contribution in [2.24, 2.45) is 0 Å². The number of phenols is 1. The second-order valence-corrected chi connectivity index (χ2v) is 10.5. The van der Waals surface area contributed by atoms with E-state index < -0.39 is 29.8 Å². The Morgan fingerprint density at radius 1 is 1.00 bits per heavy atom. The summed E-state index contributed by atoms with van der Waals surface area (Å²) in [6.45, 7) is 0.605. The van der Waals surface area contributed by atoms with Crippen LogP contribution in [0.15, 0.2) is 72.8 Å². The van der Waals surface area contributed by atoms with Gasteiger partial charge >= 0.3 is 0 Å². The Bertz CT molecular complexity index is 1460. The topological polar surface area (TPSA) is 156 Å². The Morgan fingerprint density at radius 3 is 2.44 bits per heavy atom. The number of hydrogen-bond donors (Lipinski definition) is 4. The molecule has 0 radical (unpaired) electrons. The third-order valence-electron chi connectivity index (χ3n) is 7.21. The number of methoxy groups -OCH3 is 1. The quantitative estimate of drug-likeness (QED) is 0.280. The molecule has 0 spiro atoms. The summed E-state index contributed by atoms with van der Waals surface area (Å²) in [7, 11) is 3.18. The first-order chi connectivity index (χ1) is 21.7. The van der Waals surface area contributed by atoms with Gasteiger partial charge in [-0.05, 0) is 60.5 Å². The molecule has 0 saturated heterocycles. The molecule has 2 atom stereocenters. The molecule has 4 N–H and O–H groups in total. The third kappa shape index (κ3) is 9.62. The SMILES string of the molecule is COc1ccc(OCCNC(=O)[C@@H]2CCC(=O)N[C@@H](Cc3ccc(O)cc3)C(=O)N(C)CCOc3ccccc3C(=O)N2)cc1. The van der Waals surface area contributed by atoms with E-state index in [9.17, 15) is 24.3 Å². The Balaban J connectivity index is 1.48. The lowest BCUT2D eigenvalue weighted by atomic mass is 10.0. The molecule has 1 heterocycles. The molecule has 4 amide bonds. The van der Waals surface area contributed by atoms with Gasteiger partial charge in [0.2, 0.25) is 17.7 Å². The van der Waals surface area contributed by atoms with Gasteiger partial charge < -0.3 is 40.2 Å². The predicted octanol–water partition coefficient (Wildman–Crippen LogP) is 2.05. The van der Waals surface area contributed by atoms with E-state index >= 15 is 0 Å². The molecule has 0 fully saturated rings. The summed E-state index contributed by atoms with van der Waals surface area (Å²) in [5, 5.41) is 17.9. The number of para-hydroxylation sites is 1. The van der Waals surface area contributed by atoms with Crippen molar-refractivity contribution in [3.8, 4) is 23.0 Å². The number of likely N-dealkylation sites (N-methyl/N-ethyl adjacent to an activating group) is 1. The van der Waals surface area contributed by atoms with Gasteiger partial charge in [-0.2, -0.15) is 0 Å². The van der Waals surface area contributed by atoms with Crippen LogP contribution in [-0.2, 0) is 20.8 Å². The highest BCUT2D eigenvalue weighted by atomic mass is 16.5. The Labute approximate surface area is 261 Å². The van der Waals surface area contributed by atoms with E-state index in [1.165, 1.54) is 17.0 Å². The second kappa shape index (κ2) is 16.0. The van der Waals surface area contributed by atoms with Crippen molar-refractivity contribution in [2.45, 2.75) is 31.3 Å². The highest BCUT2D eigenvalue weighted by Crippen LogP contribution is 2.20. The van der Waals surface area contributed by atoms with E-state index in [1.54, 1.807) is 74.8 Å². The van der Waals surface area contributed by atoms with E-state index in [0.29, 0.717) is 17.2 Å². The van der Waals surface area contributed by atoms with E-state index in [-0.39, 0.29) is 62.8 Å². The summed E-state index contributed by atoms with van der Waals surface area (Å²) in [5.41, 5.74) is 0.959. The first-order valence-electron chi connectivity index (χ1n) is 14.6. The molecule has 0 aliphatic carbocycles. The van der Waals surface area contributed by atoms with Gasteiger partial charge in [0, 0.05) is 19.9 Å². The van der Waals surface area contributed by atoms with Crippen LogP contribution in [0.5, 0.6) is 23.0 Å². The van der Waals surface area contributed by atoms with E-state index in [0.717, 1.165) is 5.56 Å². The number of amides is 4. The molecule has 12 heteroatoms. The number of aromatic hydroxyl groups is 1. The number of carbonyl (C=O) groups excluding carboxylic acids is 4. The van der Waals surface area contributed by atoms with E-state index in [1.807, 2.05) is 0 Å². The van der Waals surface area contributed by atoms with Crippen molar-refractivity contribution in [1.82, 2.24) is 20.9 Å². The zero-order valence-corrected chi connectivity index (χ0v) is 25.3. The number of carbonyl (C=O) groups is 4. The number of rotatable bonds is 8. The van der Waals surface area contributed by atoms with E-state index in [2.05, 4.69) is 16.0 Å². The Morgan fingerprint density at radius 2 is 1.71 bits per heavy atom. The number of hydrogen-bond acceptors (Lipinski definition) is 8. The minimum absolute atomic E-state index is 0.0261. The standard InChI is InChI=1S/C33H38N4O8/c1-37-18-20-45-29-6-4-3-5-26(29)31(40)36-27(32(41)34-17-19-44-25-13-11-24(43-2)12-14-25)15-16-30(39)35-28(33(37)42)21-22-7-9-23(38)10-8-22/h3-14,27-28,38H,15-21H2,1-2H3,(H,34,41)(H,35,39)(H,36,40)/t27-,28-/m0/s1. The molecule has 0 aromatic heterocycles. The Kier molecular flexibility index (Phi) is 11.6. The average molecular weight is 619 g/mol. The van der Waals surface area contributed by atoms with Gasteiger partial charge in [-0.25, -0.2) is 0 Å².